The fourth-order valence-electron chi connectivity index (χ4n) is 1.33. The standard InChI is InChI=1S/C9H11N3/c10-8-4-2-1-3-7(8)9-11-5-6-12-9/h1-5,9,12H,6,10H2. The second-order valence-electron chi connectivity index (χ2n) is 2.77. The Labute approximate surface area is 71.3 Å². The van der Waals surface area contributed by atoms with Crippen LogP contribution in [-0.4, -0.2) is 12.8 Å². The molecule has 12 heavy (non-hydrogen) atoms. The number of nitrogens with zero attached hydrogens (tertiary/aromatic N) is 1. The second-order valence-corrected chi connectivity index (χ2v) is 2.77. The molecule has 1 aliphatic rings. The van der Waals surface area contributed by atoms with E-state index >= 15 is 0 Å². The van der Waals surface area contributed by atoms with Gasteiger partial charge in [0.1, 0.15) is 6.17 Å². The minimum absolute atomic E-state index is 0.0613. The molecule has 0 amide bonds. The van der Waals surface area contributed by atoms with E-state index in [9.17, 15) is 0 Å². The summed E-state index contributed by atoms with van der Waals surface area (Å²) in [5, 5.41) is 3.21. The first-order valence-corrected chi connectivity index (χ1v) is 3.97. The molecule has 62 valence electrons. The van der Waals surface area contributed by atoms with E-state index in [1.165, 1.54) is 0 Å². The van der Waals surface area contributed by atoms with Gasteiger partial charge in [0, 0.05) is 24.0 Å². The lowest BCUT2D eigenvalue weighted by molar-refractivity contribution is 0.645. The summed E-state index contributed by atoms with van der Waals surface area (Å²) in [5.41, 5.74) is 7.65. The maximum atomic E-state index is 5.79. The third-order valence-electron chi connectivity index (χ3n) is 1.95. The first-order valence-electron chi connectivity index (χ1n) is 3.97. The van der Waals surface area contributed by atoms with Gasteiger partial charge in [0.05, 0.1) is 0 Å². The van der Waals surface area contributed by atoms with E-state index in [0.717, 1.165) is 17.8 Å². The zero-order valence-electron chi connectivity index (χ0n) is 6.70. The molecule has 1 aromatic carbocycles. The lowest BCUT2D eigenvalue weighted by Gasteiger charge is -2.10. The van der Waals surface area contributed by atoms with Crippen LogP contribution in [0.2, 0.25) is 0 Å². The van der Waals surface area contributed by atoms with Crippen LogP contribution in [-0.2, 0) is 0 Å². The summed E-state index contributed by atoms with van der Waals surface area (Å²) in [6, 6.07) is 7.79. The largest absolute Gasteiger partial charge is 0.398 e. The minimum Gasteiger partial charge on any atom is -0.398 e. The molecule has 0 fully saturated rings. The number of rotatable bonds is 1. The smallest absolute Gasteiger partial charge is 0.127 e. The van der Waals surface area contributed by atoms with Crippen LogP contribution >= 0.6 is 0 Å². The van der Waals surface area contributed by atoms with Crippen LogP contribution < -0.4 is 11.1 Å². The summed E-state index contributed by atoms with van der Waals surface area (Å²) in [7, 11) is 0. The van der Waals surface area contributed by atoms with Gasteiger partial charge < -0.3 is 5.73 Å². The van der Waals surface area contributed by atoms with Crippen LogP contribution in [0.3, 0.4) is 0 Å². The molecular formula is C9H11N3. The van der Waals surface area contributed by atoms with Crippen molar-refractivity contribution in [3.8, 4) is 0 Å². The molecule has 0 aliphatic carbocycles. The topological polar surface area (TPSA) is 50.4 Å². The number of nitrogens with one attached hydrogen (secondary N) is 1. The van der Waals surface area contributed by atoms with Crippen molar-refractivity contribution < 1.29 is 0 Å². The number of hydrogen-bond donors (Lipinski definition) is 2. The summed E-state index contributed by atoms with van der Waals surface area (Å²) in [4.78, 5) is 4.25. The fraction of sp³-hybridized carbons (Fsp3) is 0.222. The molecule has 0 aromatic heterocycles. The Morgan fingerprint density at radius 1 is 1.42 bits per heavy atom. The molecular weight excluding hydrogens is 150 g/mol. The van der Waals surface area contributed by atoms with Crippen LogP contribution in [0.25, 0.3) is 0 Å². The van der Waals surface area contributed by atoms with E-state index < -0.39 is 0 Å². The van der Waals surface area contributed by atoms with Crippen molar-refractivity contribution in [1.82, 2.24) is 5.32 Å². The van der Waals surface area contributed by atoms with E-state index in [4.69, 9.17) is 5.73 Å². The zero-order valence-corrected chi connectivity index (χ0v) is 6.70. The Kier molecular flexibility index (Phi) is 1.80. The average molecular weight is 161 g/mol. The van der Waals surface area contributed by atoms with Crippen LogP contribution in [0.15, 0.2) is 29.3 Å². The third kappa shape index (κ3) is 1.19. The summed E-state index contributed by atoms with van der Waals surface area (Å²) < 4.78 is 0. The summed E-state index contributed by atoms with van der Waals surface area (Å²) in [5.74, 6) is 0. The van der Waals surface area contributed by atoms with E-state index in [0.29, 0.717) is 0 Å². The lowest BCUT2D eigenvalue weighted by Crippen LogP contribution is -2.15. The van der Waals surface area contributed by atoms with Crippen molar-refractivity contribution in [3.63, 3.8) is 0 Å². The SMILES string of the molecule is Nc1ccccc1C1N=CCN1. The highest BCUT2D eigenvalue weighted by molar-refractivity contribution is 5.63. The van der Waals surface area contributed by atoms with Gasteiger partial charge in [0.25, 0.3) is 0 Å². The first-order chi connectivity index (χ1) is 5.88. The van der Waals surface area contributed by atoms with Crippen LogP contribution in [0.5, 0.6) is 0 Å². The average Bonchev–Trinajstić information content (AvgIpc) is 2.57. The second kappa shape index (κ2) is 2.95. The number of nitrogen functional groups attached to an aromatic ring is 1. The number of para-hydroxylation sites is 1. The first kappa shape index (κ1) is 7.31. The highest BCUT2D eigenvalue weighted by Gasteiger charge is 2.13. The van der Waals surface area contributed by atoms with Crippen LogP contribution in [0, 0.1) is 0 Å². The van der Waals surface area contributed by atoms with Gasteiger partial charge in [0.15, 0.2) is 0 Å². The Hall–Kier alpha value is -1.35. The van der Waals surface area contributed by atoms with Crippen LogP contribution in [0.4, 0.5) is 5.69 Å². The van der Waals surface area contributed by atoms with E-state index in [1.807, 2.05) is 30.5 Å². The number of aliphatic imine (C=N–C) groups is 1. The molecule has 1 atom stereocenters. The molecule has 1 heterocycles. The molecule has 0 radical (unpaired) electrons. The van der Waals surface area contributed by atoms with Crippen molar-refractivity contribution in [2.45, 2.75) is 6.17 Å². The predicted octanol–water partition coefficient (Wildman–Crippen LogP) is 0.941. The maximum absolute atomic E-state index is 5.79. The molecule has 1 unspecified atom stereocenters. The lowest BCUT2D eigenvalue weighted by atomic mass is 10.1. The number of nitrogens with two attached hydrogens (primary N) is 1. The van der Waals surface area contributed by atoms with Crippen molar-refractivity contribution in [3.05, 3.63) is 29.8 Å². The Morgan fingerprint density at radius 3 is 2.92 bits per heavy atom. The highest BCUT2D eigenvalue weighted by atomic mass is 15.1. The van der Waals surface area contributed by atoms with Crippen molar-refractivity contribution >= 4 is 11.9 Å². The summed E-state index contributed by atoms with van der Waals surface area (Å²) in [6.07, 6.45) is 1.93. The Bertz CT molecular complexity index is 306. The molecule has 0 spiro atoms. The number of benzene rings is 1. The monoisotopic (exact) mass is 161 g/mol. The Morgan fingerprint density at radius 2 is 2.25 bits per heavy atom. The fourth-order valence-corrected chi connectivity index (χ4v) is 1.33. The van der Waals surface area contributed by atoms with Gasteiger partial charge >= 0.3 is 0 Å². The number of anilines is 1. The van der Waals surface area contributed by atoms with E-state index in [1.54, 1.807) is 0 Å². The molecule has 3 heteroatoms. The molecule has 1 aromatic rings. The Balaban J connectivity index is 2.33. The van der Waals surface area contributed by atoms with Gasteiger partial charge in [-0.15, -0.1) is 0 Å². The van der Waals surface area contributed by atoms with Crippen molar-refractivity contribution in [2.24, 2.45) is 4.99 Å². The van der Waals surface area contributed by atoms with Gasteiger partial charge in [-0.05, 0) is 6.07 Å². The van der Waals surface area contributed by atoms with Gasteiger partial charge in [-0.25, -0.2) is 0 Å². The van der Waals surface area contributed by atoms with Crippen molar-refractivity contribution in [1.29, 1.82) is 0 Å². The zero-order chi connectivity index (χ0) is 8.39. The third-order valence-corrected chi connectivity index (χ3v) is 1.95. The molecule has 0 saturated heterocycles. The van der Waals surface area contributed by atoms with Gasteiger partial charge in [-0.1, -0.05) is 18.2 Å². The minimum atomic E-state index is 0.0613. The quantitative estimate of drug-likeness (QED) is 0.602. The van der Waals surface area contributed by atoms with Crippen LogP contribution in [0.1, 0.15) is 11.7 Å². The van der Waals surface area contributed by atoms with Gasteiger partial charge in [-0.2, -0.15) is 0 Å². The summed E-state index contributed by atoms with van der Waals surface area (Å²) >= 11 is 0. The van der Waals surface area contributed by atoms with Gasteiger partial charge in [-0.3, -0.25) is 10.3 Å². The normalized spacial score (nSPS) is 21.5. The molecule has 0 bridgehead atoms. The molecule has 3 nitrogen and oxygen atoms in total. The highest BCUT2D eigenvalue weighted by Crippen LogP contribution is 2.21. The van der Waals surface area contributed by atoms with Gasteiger partial charge in [0.2, 0.25) is 0 Å². The summed E-state index contributed by atoms with van der Waals surface area (Å²) in [6.45, 7) is 0.832. The van der Waals surface area contributed by atoms with Crippen molar-refractivity contribution in [2.75, 3.05) is 12.3 Å². The maximum Gasteiger partial charge on any atom is 0.127 e. The molecule has 1 aliphatic heterocycles. The predicted molar refractivity (Wildman–Crippen MR) is 50.1 cm³/mol. The van der Waals surface area contributed by atoms with E-state index in [-0.39, 0.29) is 6.17 Å². The molecule has 3 N–H and O–H groups in total. The van der Waals surface area contributed by atoms with E-state index in [2.05, 4.69) is 10.3 Å². The molecule has 0 saturated carbocycles. The number of hydrogen-bond acceptors (Lipinski definition) is 3. The molecule has 2 rings (SSSR count).